The molecule has 2 unspecified atom stereocenters. The van der Waals surface area contributed by atoms with Gasteiger partial charge in [-0.3, -0.25) is 9.59 Å². The lowest BCUT2D eigenvalue weighted by Crippen LogP contribution is -2.38. The zero-order valence-corrected chi connectivity index (χ0v) is 22.0. The van der Waals surface area contributed by atoms with E-state index in [9.17, 15) is 14.7 Å². The lowest BCUT2D eigenvalue weighted by atomic mass is 9.94. The number of benzene rings is 2. The number of unbranched alkanes of at least 4 members (excludes halogenated alkanes) is 2. The van der Waals surface area contributed by atoms with E-state index in [1.807, 2.05) is 18.2 Å². The first kappa shape index (κ1) is 27.4. The Morgan fingerprint density at radius 1 is 0.946 bits per heavy atom. The van der Waals surface area contributed by atoms with E-state index in [1.54, 1.807) is 24.3 Å². The number of nitrogens with zero attached hydrogens (tertiary/aromatic N) is 1. The zero-order chi connectivity index (χ0) is 26.0. The fourth-order valence-corrected chi connectivity index (χ4v) is 5.08. The van der Waals surface area contributed by atoms with Gasteiger partial charge in [-0.05, 0) is 80.7 Å². The fourth-order valence-electron chi connectivity index (χ4n) is 4.95. The van der Waals surface area contributed by atoms with Crippen LogP contribution >= 0.6 is 11.6 Å². The van der Waals surface area contributed by atoms with Gasteiger partial charge in [0, 0.05) is 42.4 Å². The Morgan fingerprint density at radius 2 is 1.65 bits per heavy atom. The minimum Gasteiger partial charge on any atom is -0.486 e. The van der Waals surface area contributed by atoms with Crippen LogP contribution in [0, 0.1) is 5.92 Å². The van der Waals surface area contributed by atoms with Crippen molar-refractivity contribution >= 4 is 23.3 Å². The molecule has 2 heterocycles. The number of aliphatic hydroxyl groups is 1. The van der Waals surface area contributed by atoms with Crippen molar-refractivity contribution in [2.75, 3.05) is 39.4 Å². The number of likely N-dealkylation sites (tertiary alicyclic amines) is 1. The Balaban J connectivity index is 1.23. The first-order chi connectivity index (χ1) is 18.0. The number of ketones is 1. The van der Waals surface area contributed by atoms with Gasteiger partial charge in [-0.1, -0.05) is 24.1 Å². The van der Waals surface area contributed by atoms with E-state index in [-0.39, 0.29) is 17.6 Å². The van der Waals surface area contributed by atoms with Crippen LogP contribution in [0.1, 0.15) is 67.0 Å². The first-order valence-corrected chi connectivity index (χ1v) is 13.7. The van der Waals surface area contributed by atoms with E-state index in [0.29, 0.717) is 54.7 Å². The number of carbonyl (C=O) groups is 2. The summed E-state index contributed by atoms with van der Waals surface area (Å²) >= 11 is 5.88. The second-order valence-corrected chi connectivity index (χ2v) is 10.3. The molecule has 200 valence electrons. The highest BCUT2D eigenvalue weighted by Crippen LogP contribution is 2.34. The van der Waals surface area contributed by atoms with Crippen LogP contribution in [-0.2, 0) is 4.79 Å². The average Bonchev–Trinajstić information content (AvgIpc) is 3.43. The number of rotatable bonds is 13. The van der Waals surface area contributed by atoms with Crippen LogP contribution in [0.2, 0.25) is 5.02 Å². The van der Waals surface area contributed by atoms with Crippen LogP contribution in [0.15, 0.2) is 42.5 Å². The molecule has 0 bridgehead atoms. The molecule has 2 aromatic carbocycles. The molecule has 2 aliphatic heterocycles. The average molecular weight is 529 g/mol. The Morgan fingerprint density at radius 3 is 2.41 bits per heavy atom. The van der Waals surface area contributed by atoms with Crippen LogP contribution in [0.25, 0.3) is 0 Å². The van der Waals surface area contributed by atoms with Crippen LogP contribution in [0.3, 0.4) is 0 Å². The molecule has 0 spiro atoms. The highest BCUT2D eigenvalue weighted by Gasteiger charge is 2.27. The summed E-state index contributed by atoms with van der Waals surface area (Å²) < 4.78 is 11.3. The number of Topliss-reactive ketones (excluding diaryl/α,β-unsaturated/α-hetero) is 1. The van der Waals surface area contributed by atoms with Crippen LogP contribution in [0.4, 0.5) is 0 Å². The van der Waals surface area contributed by atoms with Crippen molar-refractivity contribution in [2.24, 2.45) is 5.92 Å². The summed E-state index contributed by atoms with van der Waals surface area (Å²) in [7, 11) is 0. The Labute approximate surface area is 224 Å². The summed E-state index contributed by atoms with van der Waals surface area (Å²) in [5.74, 6) is 1.29. The van der Waals surface area contributed by atoms with Gasteiger partial charge in [0.15, 0.2) is 17.3 Å². The van der Waals surface area contributed by atoms with Crippen molar-refractivity contribution in [2.45, 2.75) is 51.0 Å². The summed E-state index contributed by atoms with van der Waals surface area (Å²) in [6.45, 7) is 4.19. The molecule has 0 aliphatic carbocycles. The third-order valence-corrected chi connectivity index (χ3v) is 7.33. The van der Waals surface area contributed by atoms with E-state index >= 15 is 0 Å². The number of hydrogen-bond donors (Lipinski definition) is 2. The van der Waals surface area contributed by atoms with Crippen molar-refractivity contribution in [1.29, 1.82) is 0 Å². The highest BCUT2D eigenvalue weighted by atomic mass is 35.5. The number of nitrogens with one attached hydrogen (secondary N) is 1. The van der Waals surface area contributed by atoms with Gasteiger partial charge in [0.1, 0.15) is 13.2 Å². The van der Waals surface area contributed by atoms with E-state index in [2.05, 4.69) is 10.2 Å². The third-order valence-electron chi connectivity index (χ3n) is 7.08. The predicted molar refractivity (Wildman–Crippen MR) is 143 cm³/mol. The van der Waals surface area contributed by atoms with E-state index in [4.69, 9.17) is 21.1 Å². The molecule has 0 radical (unpaired) electrons. The normalized spacial score (nSPS) is 16.8. The molecule has 1 fully saturated rings. The maximum Gasteiger partial charge on any atom is 0.220 e. The largest absolute Gasteiger partial charge is 0.486 e. The fraction of sp³-hybridized carbons (Fsp3) is 0.517. The molecule has 0 aromatic heterocycles. The van der Waals surface area contributed by atoms with E-state index in [1.165, 1.54) is 12.8 Å². The molecule has 1 saturated heterocycles. The standard InChI is InChI=1S/C29H37ClN2O5/c30-24-11-8-21(9-12-24)25(33)6-2-1-3-7-28(34)31-19-23(20-32-14-4-5-15-32)29(35)22-10-13-26-27(18-22)37-17-16-36-26/h8-13,18,23,29,35H,1-7,14-17,19-20H2,(H,31,34). The van der Waals surface area contributed by atoms with Gasteiger partial charge in [-0.25, -0.2) is 0 Å². The maximum absolute atomic E-state index is 12.6. The Hall–Kier alpha value is -2.61. The maximum atomic E-state index is 12.6. The quantitative estimate of drug-likeness (QED) is 0.287. The molecular formula is C29H37ClN2O5. The second-order valence-electron chi connectivity index (χ2n) is 9.91. The van der Waals surface area contributed by atoms with E-state index in [0.717, 1.165) is 44.5 Å². The van der Waals surface area contributed by atoms with Gasteiger partial charge >= 0.3 is 0 Å². The third kappa shape index (κ3) is 8.19. The van der Waals surface area contributed by atoms with Crippen LogP contribution in [0.5, 0.6) is 11.5 Å². The number of halogens is 1. The second kappa shape index (κ2) is 13.8. The molecular weight excluding hydrogens is 492 g/mol. The predicted octanol–water partition coefficient (Wildman–Crippen LogP) is 4.81. The first-order valence-electron chi connectivity index (χ1n) is 13.3. The summed E-state index contributed by atoms with van der Waals surface area (Å²) in [5, 5.41) is 14.9. The van der Waals surface area contributed by atoms with Crippen molar-refractivity contribution in [1.82, 2.24) is 10.2 Å². The summed E-state index contributed by atoms with van der Waals surface area (Å²) in [6, 6.07) is 12.5. The van der Waals surface area contributed by atoms with Crippen LogP contribution in [-0.4, -0.2) is 61.1 Å². The number of aliphatic hydroxyl groups excluding tert-OH is 1. The van der Waals surface area contributed by atoms with Gasteiger partial charge in [-0.2, -0.15) is 0 Å². The monoisotopic (exact) mass is 528 g/mol. The minimum absolute atomic E-state index is 0.0233. The molecule has 2 aromatic rings. The summed E-state index contributed by atoms with van der Waals surface area (Å²) in [4.78, 5) is 27.2. The van der Waals surface area contributed by atoms with Gasteiger partial charge < -0.3 is 24.8 Å². The molecule has 1 amide bonds. The van der Waals surface area contributed by atoms with Gasteiger partial charge in [0.05, 0.1) is 6.10 Å². The number of amides is 1. The minimum atomic E-state index is -0.726. The molecule has 7 nitrogen and oxygen atoms in total. The number of hydrogen-bond acceptors (Lipinski definition) is 6. The number of carbonyl (C=O) groups excluding carboxylic acids is 2. The van der Waals surface area contributed by atoms with Gasteiger partial charge in [0.2, 0.25) is 5.91 Å². The molecule has 2 atom stereocenters. The smallest absolute Gasteiger partial charge is 0.220 e. The molecule has 0 saturated carbocycles. The lowest BCUT2D eigenvalue weighted by Gasteiger charge is -2.29. The zero-order valence-electron chi connectivity index (χ0n) is 21.3. The molecule has 2 aliphatic rings. The van der Waals surface area contributed by atoms with E-state index < -0.39 is 6.10 Å². The Bertz CT molecular complexity index is 1040. The van der Waals surface area contributed by atoms with Gasteiger partial charge in [-0.15, -0.1) is 0 Å². The number of fused-ring (bicyclic) bond motifs is 1. The lowest BCUT2D eigenvalue weighted by molar-refractivity contribution is -0.121. The van der Waals surface area contributed by atoms with Crippen molar-refractivity contribution < 1.29 is 24.2 Å². The highest BCUT2D eigenvalue weighted by molar-refractivity contribution is 6.30. The summed E-state index contributed by atoms with van der Waals surface area (Å²) in [5.41, 5.74) is 1.44. The Kier molecular flexibility index (Phi) is 10.2. The number of ether oxygens (including phenoxy) is 2. The van der Waals surface area contributed by atoms with Crippen molar-refractivity contribution in [3.8, 4) is 11.5 Å². The SMILES string of the molecule is O=C(CCCCCC(=O)c1ccc(Cl)cc1)NCC(CN1CCCC1)C(O)c1ccc2c(c1)OCCO2. The van der Waals surface area contributed by atoms with Crippen LogP contribution < -0.4 is 14.8 Å². The van der Waals surface area contributed by atoms with Gasteiger partial charge in [0.25, 0.3) is 0 Å². The van der Waals surface area contributed by atoms with Crippen molar-refractivity contribution in [3.63, 3.8) is 0 Å². The molecule has 4 rings (SSSR count). The summed E-state index contributed by atoms with van der Waals surface area (Å²) in [6.07, 6.45) is 4.75. The molecule has 8 heteroatoms. The molecule has 2 N–H and O–H groups in total. The van der Waals surface area contributed by atoms with Crippen molar-refractivity contribution in [3.05, 3.63) is 58.6 Å². The molecule has 37 heavy (non-hydrogen) atoms. The topological polar surface area (TPSA) is 88.1 Å².